The number of carbonyl (C=O) groups is 2. The maximum atomic E-state index is 13.4. The standard InChI is InChI=1S/C30H27ClN4O6S/c1-40-24-15-17-26(18-16-24)42(38,39)35(23-7-3-2-4-8-23)20-29(36)34-32-19-22-11-13-25(14-12-22)41-21-30(37)33-28-10-6-5-9-27(28)31/h2-19H,20-21H2,1H3,(H,33,37)(H,34,36)/b32-19-. The number of amides is 2. The van der Waals surface area contributed by atoms with Crippen molar-refractivity contribution in [3.05, 3.63) is 114 Å². The Labute approximate surface area is 248 Å². The molecule has 4 aromatic carbocycles. The molecular formula is C30H27ClN4O6S. The molecule has 2 N–H and O–H groups in total. The first-order valence-corrected chi connectivity index (χ1v) is 14.4. The topological polar surface area (TPSA) is 126 Å². The van der Waals surface area contributed by atoms with Crippen LogP contribution in [0.1, 0.15) is 5.56 Å². The second-order valence-corrected chi connectivity index (χ2v) is 11.0. The van der Waals surface area contributed by atoms with Crippen molar-refractivity contribution in [2.75, 3.05) is 29.9 Å². The summed E-state index contributed by atoms with van der Waals surface area (Å²) in [5.74, 6) is -0.0507. The second kappa shape index (κ2) is 14.2. The largest absolute Gasteiger partial charge is 0.497 e. The Hall–Kier alpha value is -4.87. The SMILES string of the molecule is COc1ccc(S(=O)(=O)N(CC(=O)N/N=C\c2ccc(OCC(=O)Nc3ccccc3Cl)cc2)c2ccccc2)cc1. The summed E-state index contributed by atoms with van der Waals surface area (Å²) in [6.45, 7) is -0.717. The van der Waals surface area contributed by atoms with E-state index < -0.39 is 22.5 Å². The fraction of sp³-hybridized carbons (Fsp3) is 0.100. The Balaban J connectivity index is 1.34. The predicted octanol–water partition coefficient (Wildman–Crippen LogP) is 4.71. The molecule has 0 fully saturated rings. The van der Waals surface area contributed by atoms with Gasteiger partial charge < -0.3 is 14.8 Å². The Morgan fingerprint density at radius 2 is 1.50 bits per heavy atom. The van der Waals surface area contributed by atoms with Gasteiger partial charge in [-0.2, -0.15) is 5.10 Å². The van der Waals surface area contributed by atoms with Crippen LogP contribution in [-0.4, -0.2) is 46.7 Å². The molecule has 0 unspecified atom stereocenters. The van der Waals surface area contributed by atoms with Crippen LogP contribution < -0.4 is 24.5 Å². The number of hydrogen-bond donors (Lipinski definition) is 2. The zero-order valence-corrected chi connectivity index (χ0v) is 24.0. The van der Waals surface area contributed by atoms with E-state index in [0.717, 1.165) is 4.31 Å². The molecule has 0 spiro atoms. The summed E-state index contributed by atoms with van der Waals surface area (Å²) >= 11 is 6.04. The van der Waals surface area contributed by atoms with Gasteiger partial charge in [-0.1, -0.05) is 41.9 Å². The first-order valence-electron chi connectivity index (χ1n) is 12.6. The molecule has 42 heavy (non-hydrogen) atoms. The van der Waals surface area contributed by atoms with Gasteiger partial charge in [-0.25, -0.2) is 13.8 Å². The first-order chi connectivity index (χ1) is 20.3. The van der Waals surface area contributed by atoms with Crippen molar-refractivity contribution in [1.82, 2.24) is 5.43 Å². The molecule has 0 atom stereocenters. The average molecular weight is 607 g/mol. The molecule has 0 bridgehead atoms. The molecule has 2 amide bonds. The molecule has 0 radical (unpaired) electrons. The van der Waals surface area contributed by atoms with Crippen molar-refractivity contribution in [3.8, 4) is 11.5 Å². The normalized spacial score (nSPS) is 11.1. The van der Waals surface area contributed by atoms with Gasteiger partial charge in [0.2, 0.25) is 0 Å². The molecular weight excluding hydrogens is 580 g/mol. The molecule has 4 aromatic rings. The van der Waals surface area contributed by atoms with Gasteiger partial charge in [0.15, 0.2) is 6.61 Å². The number of nitrogens with one attached hydrogen (secondary N) is 2. The number of para-hydroxylation sites is 2. The molecule has 4 rings (SSSR count). The zero-order valence-electron chi connectivity index (χ0n) is 22.4. The van der Waals surface area contributed by atoms with E-state index in [0.29, 0.717) is 33.5 Å². The second-order valence-electron chi connectivity index (χ2n) is 8.70. The van der Waals surface area contributed by atoms with Crippen LogP contribution in [0, 0.1) is 0 Å². The maximum absolute atomic E-state index is 13.4. The Morgan fingerprint density at radius 1 is 0.857 bits per heavy atom. The third kappa shape index (κ3) is 8.09. The van der Waals surface area contributed by atoms with E-state index >= 15 is 0 Å². The van der Waals surface area contributed by atoms with E-state index in [1.165, 1.54) is 37.6 Å². The van der Waals surface area contributed by atoms with Gasteiger partial charge in [-0.05, 0) is 78.4 Å². The van der Waals surface area contributed by atoms with Gasteiger partial charge in [0.1, 0.15) is 18.0 Å². The number of halogens is 1. The van der Waals surface area contributed by atoms with Gasteiger partial charge in [0, 0.05) is 0 Å². The van der Waals surface area contributed by atoms with Crippen molar-refractivity contribution >= 4 is 51.0 Å². The summed E-state index contributed by atoms with van der Waals surface area (Å²) in [5, 5.41) is 7.04. The zero-order chi connectivity index (χ0) is 30.0. The highest BCUT2D eigenvalue weighted by molar-refractivity contribution is 7.92. The Morgan fingerprint density at radius 3 is 2.17 bits per heavy atom. The van der Waals surface area contributed by atoms with Crippen LogP contribution in [0.25, 0.3) is 0 Å². The summed E-state index contributed by atoms with van der Waals surface area (Å²) in [7, 11) is -2.59. The lowest BCUT2D eigenvalue weighted by molar-refractivity contribution is -0.119. The number of sulfonamides is 1. The predicted molar refractivity (Wildman–Crippen MR) is 162 cm³/mol. The van der Waals surface area contributed by atoms with Crippen molar-refractivity contribution in [1.29, 1.82) is 0 Å². The number of methoxy groups -OCH3 is 1. The van der Waals surface area contributed by atoms with Gasteiger partial charge in [0.25, 0.3) is 21.8 Å². The minimum atomic E-state index is -4.07. The first kappa shape index (κ1) is 30.1. The molecule has 0 saturated heterocycles. The van der Waals surface area contributed by atoms with Crippen LogP contribution in [-0.2, 0) is 19.6 Å². The minimum absolute atomic E-state index is 0.00658. The number of hydrogen-bond acceptors (Lipinski definition) is 7. The summed E-state index contributed by atoms with van der Waals surface area (Å²) in [4.78, 5) is 24.9. The minimum Gasteiger partial charge on any atom is -0.497 e. The van der Waals surface area contributed by atoms with Crippen LogP contribution >= 0.6 is 11.6 Å². The van der Waals surface area contributed by atoms with Crippen molar-refractivity contribution in [2.24, 2.45) is 5.10 Å². The number of carbonyl (C=O) groups excluding carboxylic acids is 2. The van der Waals surface area contributed by atoms with Crippen molar-refractivity contribution in [2.45, 2.75) is 4.90 Å². The molecule has 0 saturated carbocycles. The molecule has 0 aliphatic rings. The van der Waals surface area contributed by atoms with Crippen LogP contribution in [0.5, 0.6) is 11.5 Å². The summed E-state index contributed by atoms with van der Waals surface area (Å²) < 4.78 is 38.5. The van der Waals surface area contributed by atoms with Crippen molar-refractivity contribution < 1.29 is 27.5 Å². The molecule has 0 heterocycles. The van der Waals surface area contributed by atoms with Crippen molar-refractivity contribution in [3.63, 3.8) is 0 Å². The monoisotopic (exact) mass is 606 g/mol. The summed E-state index contributed by atoms with van der Waals surface area (Å²) in [5.41, 5.74) is 3.81. The van der Waals surface area contributed by atoms with E-state index in [1.54, 1.807) is 78.9 Å². The van der Waals surface area contributed by atoms with E-state index in [-0.39, 0.29) is 17.4 Å². The molecule has 0 aliphatic carbocycles. The van der Waals surface area contributed by atoms with Crippen LogP contribution in [0.3, 0.4) is 0 Å². The number of anilines is 2. The number of benzene rings is 4. The van der Waals surface area contributed by atoms with E-state index in [1.807, 2.05) is 0 Å². The molecule has 12 heteroatoms. The van der Waals surface area contributed by atoms with Crippen LogP contribution in [0.4, 0.5) is 11.4 Å². The smallest absolute Gasteiger partial charge is 0.264 e. The van der Waals surface area contributed by atoms with Gasteiger partial charge >= 0.3 is 0 Å². The fourth-order valence-corrected chi connectivity index (χ4v) is 5.28. The quantitative estimate of drug-likeness (QED) is 0.178. The maximum Gasteiger partial charge on any atom is 0.264 e. The number of ether oxygens (including phenoxy) is 2. The molecule has 0 aliphatic heterocycles. The molecule has 10 nitrogen and oxygen atoms in total. The summed E-state index contributed by atoms with van der Waals surface area (Å²) in [6, 6.07) is 27.7. The Bertz CT molecular complexity index is 1650. The van der Waals surface area contributed by atoms with Crippen LogP contribution in [0.2, 0.25) is 5.02 Å². The third-order valence-corrected chi connectivity index (χ3v) is 7.90. The van der Waals surface area contributed by atoms with E-state index in [4.69, 9.17) is 21.1 Å². The average Bonchev–Trinajstić information content (AvgIpc) is 3.01. The number of rotatable bonds is 12. The molecule has 0 aromatic heterocycles. The van der Waals surface area contributed by atoms with E-state index in [2.05, 4.69) is 15.8 Å². The highest BCUT2D eigenvalue weighted by atomic mass is 35.5. The lowest BCUT2D eigenvalue weighted by Crippen LogP contribution is -2.39. The number of nitrogens with zero attached hydrogens (tertiary/aromatic N) is 2. The van der Waals surface area contributed by atoms with Gasteiger partial charge in [-0.15, -0.1) is 0 Å². The third-order valence-electron chi connectivity index (χ3n) is 5.78. The van der Waals surface area contributed by atoms with E-state index in [9.17, 15) is 18.0 Å². The van der Waals surface area contributed by atoms with Crippen LogP contribution in [0.15, 0.2) is 113 Å². The van der Waals surface area contributed by atoms with Gasteiger partial charge in [0.05, 0.1) is 34.6 Å². The highest BCUT2D eigenvalue weighted by Gasteiger charge is 2.27. The Kier molecular flexibility index (Phi) is 10.1. The highest BCUT2D eigenvalue weighted by Crippen LogP contribution is 2.25. The lowest BCUT2D eigenvalue weighted by Gasteiger charge is -2.23. The fourth-order valence-electron chi connectivity index (χ4n) is 3.68. The lowest BCUT2D eigenvalue weighted by atomic mass is 10.2. The molecule has 216 valence electrons. The summed E-state index contributed by atoms with van der Waals surface area (Å²) in [6.07, 6.45) is 1.40. The van der Waals surface area contributed by atoms with Gasteiger partial charge in [-0.3, -0.25) is 13.9 Å². The number of hydrazone groups is 1.